The topological polar surface area (TPSA) is 69.2 Å². The van der Waals surface area contributed by atoms with Crippen LogP contribution in [-0.2, 0) is 0 Å². The number of benzene rings is 1. The highest BCUT2D eigenvalue weighted by atomic mass is 16.5. The Bertz CT molecular complexity index is 549. The zero-order chi connectivity index (χ0) is 13.8. The number of anilines is 1. The summed E-state index contributed by atoms with van der Waals surface area (Å²) < 4.78 is 7.71. The lowest BCUT2D eigenvalue weighted by Crippen LogP contribution is -2.25. The Kier molecular flexibility index (Phi) is 3.83. The summed E-state index contributed by atoms with van der Waals surface area (Å²) in [6, 6.07) is 5.61. The molecule has 0 amide bonds. The molecule has 0 saturated carbocycles. The molecule has 2 heterocycles. The normalized spacial score (nSPS) is 15.6. The molecular formula is C14H19N5O. The molecule has 1 fully saturated rings. The van der Waals surface area contributed by atoms with E-state index in [0.29, 0.717) is 12.3 Å². The van der Waals surface area contributed by atoms with E-state index >= 15 is 0 Å². The van der Waals surface area contributed by atoms with Crippen molar-refractivity contribution in [2.24, 2.45) is 0 Å². The van der Waals surface area contributed by atoms with Crippen LogP contribution >= 0.6 is 0 Å². The Morgan fingerprint density at radius 1 is 1.15 bits per heavy atom. The molecule has 20 heavy (non-hydrogen) atoms. The van der Waals surface area contributed by atoms with Crippen LogP contribution in [0.1, 0.15) is 12.8 Å². The fourth-order valence-corrected chi connectivity index (χ4v) is 2.47. The van der Waals surface area contributed by atoms with Gasteiger partial charge in [0.1, 0.15) is 25.0 Å². The lowest BCUT2D eigenvalue weighted by Gasteiger charge is -2.16. The van der Waals surface area contributed by atoms with Crippen LogP contribution in [0.3, 0.4) is 0 Å². The molecule has 0 spiro atoms. The lowest BCUT2D eigenvalue weighted by atomic mass is 10.2. The second-order valence-electron chi connectivity index (χ2n) is 4.99. The first-order valence-corrected chi connectivity index (χ1v) is 6.92. The minimum absolute atomic E-state index is 0.680. The number of rotatable bonds is 5. The SMILES string of the molecule is Nc1ccc(OCCN2CCCC2)c(-n2cnnc2)c1. The summed E-state index contributed by atoms with van der Waals surface area (Å²) in [6.07, 6.45) is 5.88. The van der Waals surface area contributed by atoms with Crippen molar-refractivity contribution in [1.29, 1.82) is 0 Å². The number of ether oxygens (including phenoxy) is 1. The first-order chi connectivity index (χ1) is 9.83. The standard InChI is InChI=1S/C14H19N5O/c15-12-3-4-14(13(9-12)19-10-16-17-11-19)20-8-7-18-5-1-2-6-18/h3-4,9-11H,1-2,5-8,15H2. The molecule has 106 valence electrons. The lowest BCUT2D eigenvalue weighted by molar-refractivity contribution is 0.237. The van der Waals surface area contributed by atoms with Gasteiger partial charge in [0.05, 0.1) is 5.69 Å². The van der Waals surface area contributed by atoms with Gasteiger partial charge >= 0.3 is 0 Å². The number of aromatic nitrogens is 3. The quantitative estimate of drug-likeness (QED) is 0.832. The van der Waals surface area contributed by atoms with Crippen LogP contribution in [0.5, 0.6) is 5.75 Å². The van der Waals surface area contributed by atoms with E-state index in [1.807, 2.05) is 22.8 Å². The Morgan fingerprint density at radius 2 is 1.90 bits per heavy atom. The zero-order valence-electron chi connectivity index (χ0n) is 11.4. The van der Waals surface area contributed by atoms with E-state index in [1.54, 1.807) is 12.7 Å². The first-order valence-electron chi connectivity index (χ1n) is 6.92. The fraction of sp³-hybridized carbons (Fsp3) is 0.429. The van der Waals surface area contributed by atoms with Crippen LogP contribution < -0.4 is 10.5 Å². The maximum atomic E-state index is 5.90. The van der Waals surface area contributed by atoms with Crippen LogP contribution in [0.15, 0.2) is 30.9 Å². The Labute approximate surface area is 118 Å². The van der Waals surface area contributed by atoms with Crippen LogP contribution in [-0.4, -0.2) is 45.9 Å². The van der Waals surface area contributed by atoms with Crippen molar-refractivity contribution >= 4 is 5.69 Å². The second kappa shape index (κ2) is 5.92. The van der Waals surface area contributed by atoms with Crippen LogP contribution in [0.2, 0.25) is 0 Å². The highest BCUT2D eigenvalue weighted by Gasteiger charge is 2.12. The van der Waals surface area contributed by atoms with Gasteiger partial charge in [-0.1, -0.05) is 0 Å². The molecule has 2 N–H and O–H groups in total. The van der Waals surface area contributed by atoms with Crippen molar-refractivity contribution < 1.29 is 4.74 Å². The minimum atomic E-state index is 0.680. The van der Waals surface area contributed by atoms with Gasteiger partial charge in [-0.15, -0.1) is 10.2 Å². The van der Waals surface area contributed by atoms with E-state index in [2.05, 4.69) is 15.1 Å². The number of likely N-dealkylation sites (tertiary alicyclic amines) is 1. The summed E-state index contributed by atoms with van der Waals surface area (Å²) in [5, 5.41) is 7.64. The predicted molar refractivity (Wildman–Crippen MR) is 76.9 cm³/mol. The first kappa shape index (κ1) is 12.9. The maximum Gasteiger partial charge on any atom is 0.143 e. The molecular weight excluding hydrogens is 254 g/mol. The Hall–Kier alpha value is -2.08. The summed E-state index contributed by atoms with van der Waals surface area (Å²) >= 11 is 0. The molecule has 1 aromatic heterocycles. The molecule has 6 nitrogen and oxygen atoms in total. The number of hydrogen-bond acceptors (Lipinski definition) is 5. The van der Waals surface area contributed by atoms with Gasteiger partial charge < -0.3 is 10.5 Å². The van der Waals surface area contributed by atoms with Gasteiger partial charge in [-0.2, -0.15) is 0 Å². The monoisotopic (exact) mass is 273 g/mol. The highest BCUT2D eigenvalue weighted by Crippen LogP contribution is 2.25. The Balaban J connectivity index is 1.69. The van der Waals surface area contributed by atoms with Crippen molar-refractivity contribution in [1.82, 2.24) is 19.7 Å². The van der Waals surface area contributed by atoms with Gasteiger partial charge in [0.15, 0.2) is 0 Å². The highest BCUT2D eigenvalue weighted by molar-refractivity contribution is 5.56. The van der Waals surface area contributed by atoms with E-state index in [0.717, 1.165) is 18.0 Å². The number of nitrogens with two attached hydrogens (primary N) is 1. The van der Waals surface area contributed by atoms with Crippen molar-refractivity contribution in [3.8, 4) is 11.4 Å². The predicted octanol–water partition coefficient (Wildman–Crippen LogP) is 1.32. The molecule has 0 aliphatic carbocycles. The number of nitrogen functional groups attached to an aromatic ring is 1. The van der Waals surface area contributed by atoms with Gasteiger partial charge in [0, 0.05) is 12.2 Å². The van der Waals surface area contributed by atoms with E-state index in [4.69, 9.17) is 10.5 Å². The molecule has 0 atom stereocenters. The van der Waals surface area contributed by atoms with Crippen LogP contribution in [0, 0.1) is 0 Å². The third kappa shape index (κ3) is 2.91. The summed E-state index contributed by atoms with van der Waals surface area (Å²) in [6.45, 7) is 4.01. The van der Waals surface area contributed by atoms with Crippen molar-refractivity contribution in [2.45, 2.75) is 12.8 Å². The fourth-order valence-electron chi connectivity index (χ4n) is 2.47. The van der Waals surface area contributed by atoms with E-state index in [9.17, 15) is 0 Å². The van der Waals surface area contributed by atoms with E-state index in [-0.39, 0.29) is 0 Å². The molecule has 6 heteroatoms. The average molecular weight is 273 g/mol. The molecule has 0 unspecified atom stereocenters. The molecule has 1 aliphatic rings. The summed E-state index contributed by atoms with van der Waals surface area (Å²) in [4.78, 5) is 2.43. The average Bonchev–Trinajstić information content (AvgIpc) is 3.12. The molecule has 0 bridgehead atoms. The molecule has 2 aromatic rings. The molecule has 1 aromatic carbocycles. The van der Waals surface area contributed by atoms with Crippen molar-refractivity contribution in [3.63, 3.8) is 0 Å². The molecule has 0 radical (unpaired) electrons. The van der Waals surface area contributed by atoms with Crippen molar-refractivity contribution in [2.75, 3.05) is 32.0 Å². The van der Waals surface area contributed by atoms with E-state index < -0.39 is 0 Å². The summed E-state index contributed by atoms with van der Waals surface area (Å²) in [5.41, 5.74) is 7.41. The van der Waals surface area contributed by atoms with Gasteiger partial charge in [-0.25, -0.2) is 0 Å². The van der Waals surface area contributed by atoms with Crippen LogP contribution in [0.4, 0.5) is 5.69 Å². The summed E-state index contributed by atoms with van der Waals surface area (Å²) in [5.74, 6) is 0.804. The number of nitrogens with zero attached hydrogens (tertiary/aromatic N) is 4. The Morgan fingerprint density at radius 3 is 2.65 bits per heavy atom. The molecule has 3 rings (SSSR count). The number of hydrogen-bond donors (Lipinski definition) is 1. The van der Waals surface area contributed by atoms with Gasteiger partial charge in [-0.3, -0.25) is 9.47 Å². The van der Waals surface area contributed by atoms with Crippen molar-refractivity contribution in [3.05, 3.63) is 30.9 Å². The van der Waals surface area contributed by atoms with E-state index in [1.165, 1.54) is 25.9 Å². The van der Waals surface area contributed by atoms with Crippen LogP contribution in [0.25, 0.3) is 5.69 Å². The smallest absolute Gasteiger partial charge is 0.143 e. The minimum Gasteiger partial charge on any atom is -0.490 e. The van der Waals surface area contributed by atoms with Gasteiger partial charge in [-0.05, 0) is 44.1 Å². The third-order valence-corrected chi connectivity index (χ3v) is 3.54. The molecule has 1 aliphatic heterocycles. The van der Waals surface area contributed by atoms with Gasteiger partial charge in [0.25, 0.3) is 0 Å². The third-order valence-electron chi connectivity index (χ3n) is 3.54. The largest absolute Gasteiger partial charge is 0.490 e. The summed E-state index contributed by atoms with van der Waals surface area (Å²) in [7, 11) is 0. The zero-order valence-corrected chi connectivity index (χ0v) is 11.4. The molecule has 1 saturated heterocycles. The van der Waals surface area contributed by atoms with Gasteiger partial charge in [0.2, 0.25) is 0 Å². The maximum absolute atomic E-state index is 5.90. The second-order valence-corrected chi connectivity index (χ2v) is 4.99.